The lowest BCUT2D eigenvalue weighted by molar-refractivity contribution is -0.131. The number of nitrogens with zero attached hydrogens (tertiary/aromatic N) is 6. The minimum absolute atomic E-state index is 0.0482. The molecule has 5 heterocycles. The number of anilines is 1. The van der Waals surface area contributed by atoms with Gasteiger partial charge in [-0.2, -0.15) is 5.10 Å². The summed E-state index contributed by atoms with van der Waals surface area (Å²) in [5, 5.41) is 5.39. The van der Waals surface area contributed by atoms with E-state index in [1.165, 1.54) is 4.90 Å². The number of aromatic nitrogens is 4. The first-order valence-electron chi connectivity index (χ1n) is 16.5. The zero-order valence-corrected chi connectivity index (χ0v) is 27.4. The van der Waals surface area contributed by atoms with E-state index >= 15 is 0 Å². The van der Waals surface area contributed by atoms with Gasteiger partial charge in [0.05, 0.1) is 47.6 Å². The zero-order valence-electron chi connectivity index (χ0n) is 27.4. The predicted molar refractivity (Wildman–Crippen MR) is 173 cm³/mol. The van der Waals surface area contributed by atoms with Crippen molar-refractivity contribution < 1.29 is 31.9 Å². The van der Waals surface area contributed by atoms with Crippen molar-refractivity contribution in [2.24, 2.45) is 17.6 Å². The topological polar surface area (TPSA) is 119 Å². The number of benzene rings is 1. The van der Waals surface area contributed by atoms with Gasteiger partial charge in [-0.1, -0.05) is 26.8 Å². The maximum absolute atomic E-state index is 14.5. The Bertz CT molecular complexity index is 1960. The Labute approximate surface area is 280 Å². The van der Waals surface area contributed by atoms with Gasteiger partial charge in [-0.3, -0.25) is 24.4 Å². The lowest BCUT2D eigenvalue weighted by atomic mass is 9.83. The van der Waals surface area contributed by atoms with E-state index in [0.29, 0.717) is 71.3 Å². The highest BCUT2D eigenvalue weighted by molar-refractivity contribution is 6.09. The van der Waals surface area contributed by atoms with Crippen molar-refractivity contribution >= 4 is 28.5 Å². The van der Waals surface area contributed by atoms with E-state index in [1.807, 2.05) is 18.5 Å². The molecule has 3 aliphatic rings. The summed E-state index contributed by atoms with van der Waals surface area (Å²) in [6.07, 6.45) is 3.52. The molecule has 10 nitrogen and oxygen atoms in total. The van der Waals surface area contributed by atoms with Gasteiger partial charge in [0.2, 0.25) is 0 Å². The average Bonchev–Trinajstić information content (AvgIpc) is 3.44. The summed E-state index contributed by atoms with van der Waals surface area (Å²) in [5.74, 6) is -4.80. The molecular formula is C35H37F4N7O3. The number of primary amides is 1. The normalized spacial score (nSPS) is 21.1. The SMILES string of the molecule is CC(C)Cc1nc2c(cnn2[C@@H]2CCN(C3CC(F)(F)C3)C[C@H]2C)c(-c2ccc3c(c2)OCC(=O)N3Cc2ncc(F)cc2F)c1C(N)=O. The number of hydrogen-bond acceptors (Lipinski definition) is 7. The van der Waals surface area contributed by atoms with Crippen LogP contribution in [0.25, 0.3) is 22.2 Å². The number of amides is 2. The summed E-state index contributed by atoms with van der Waals surface area (Å²) in [6, 6.07) is 5.64. The summed E-state index contributed by atoms with van der Waals surface area (Å²) in [5.41, 5.74) is 8.79. The summed E-state index contributed by atoms with van der Waals surface area (Å²) >= 11 is 0. The number of carbonyl (C=O) groups excluding carboxylic acids is 2. The lowest BCUT2D eigenvalue weighted by Crippen LogP contribution is -2.54. The molecule has 1 saturated heterocycles. The highest BCUT2D eigenvalue weighted by Crippen LogP contribution is 2.44. The standard InChI is InChI=1S/C35H37F4N7O3/c1-18(2)8-25-32(33(40)48)31(20-4-5-28-29(9-20)49-17-30(47)45(28)16-26-24(37)10-21(36)13-41-26)23-14-42-46(34(23)43-25)27-6-7-44(15-19(27)3)22-11-35(38,39)12-22/h4-5,9-10,13-14,18-19,22,27H,6-8,11-12,15-17H2,1-3H3,(H2,40,48)/t19-,27-/m1/s1. The van der Waals surface area contributed by atoms with Crippen LogP contribution in [0.5, 0.6) is 5.75 Å². The number of fused-ring (bicyclic) bond motifs is 2. The van der Waals surface area contributed by atoms with Gasteiger partial charge in [0.15, 0.2) is 12.3 Å². The summed E-state index contributed by atoms with van der Waals surface area (Å²) in [4.78, 5) is 38.4. The van der Waals surface area contributed by atoms with Crippen LogP contribution in [0.2, 0.25) is 0 Å². The number of rotatable bonds is 8. The van der Waals surface area contributed by atoms with Crippen molar-refractivity contribution in [3.05, 3.63) is 65.2 Å². The number of alkyl halides is 2. The van der Waals surface area contributed by atoms with Crippen LogP contribution in [0.3, 0.4) is 0 Å². The molecule has 0 radical (unpaired) electrons. The van der Waals surface area contributed by atoms with Crippen LogP contribution in [0, 0.1) is 23.5 Å². The summed E-state index contributed by atoms with van der Waals surface area (Å²) < 4.78 is 62.9. The van der Waals surface area contributed by atoms with Crippen LogP contribution in [0.15, 0.2) is 36.7 Å². The van der Waals surface area contributed by atoms with Crippen molar-refractivity contribution in [1.82, 2.24) is 24.6 Å². The van der Waals surface area contributed by atoms with E-state index < -0.39 is 29.4 Å². The van der Waals surface area contributed by atoms with E-state index in [-0.39, 0.29) is 61.2 Å². The fourth-order valence-electron chi connectivity index (χ4n) is 7.44. The van der Waals surface area contributed by atoms with Gasteiger partial charge in [-0.25, -0.2) is 27.2 Å². The van der Waals surface area contributed by atoms with E-state index in [9.17, 15) is 27.2 Å². The first-order chi connectivity index (χ1) is 23.3. The molecule has 1 aromatic carbocycles. The maximum Gasteiger partial charge on any atom is 0.265 e. The molecule has 0 bridgehead atoms. The predicted octanol–water partition coefficient (Wildman–Crippen LogP) is 5.68. The Morgan fingerprint density at radius 2 is 1.92 bits per heavy atom. The van der Waals surface area contributed by atoms with Crippen LogP contribution < -0.4 is 15.4 Å². The van der Waals surface area contributed by atoms with Crippen LogP contribution in [-0.4, -0.2) is 68.1 Å². The molecule has 14 heteroatoms. The van der Waals surface area contributed by atoms with Gasteiger partial charge in [-0.15, -0.1) is 0 Å². The number of hydrogen-bond donors (Lipinski definition) is 1. The summed E-state index contributed by atoms with van der Waals surface area (Å²) in [6.45, 7) is 6.90. The number of nitrogens with two attached hydrogens (primary N) is 1. The Morgan fingerprint density at radius 3 is 2.59 bits per heavy atom. The Balaban J connectivity index is 1.29. The molecular weight excluding hydrogens is 642 g/mol. The van der Waals surface area contributed by atoms with Crippen molar-refractivity contribution in [2.75, 3.05) is 24.6 Å². The number of piperidine rings is 1. The molecule has 7 rings (SSSR count). The van der Waals surface area contributed by atoms with Gasteiger partial charge in [0.25, 0.3) is 17.7 Å². The molecule has 2 atom stereocenters. The highest BCUT2D eigenvalue weighted by Gasteiger charge is 2.49. The molecule has 49 heavy (non-hydrogen) atoms. The van der Waals surface area contributed by atoms with Crippen molar-refractivity contribution in [3.8, 4) is 16.9 Å². The van der Waals surface area contributed by atoms with E-state index in [4.69, 9.17) is 20.6 Å². The van der Waals surface area contributed by atoms with Crippen LogP contribution in [0.1, 0.15) is 67.8 Å². The molecule has 4 aromatic rings. The Morgan fingerprint density at radius 1 is 1.14 bits per heavy atom. The molecule has 0 spiro atoms. The number of likely N-dealkylation sites (tertiary alicyclic amines) is 1. The largest absolute Gasteiger partial charge is 0.482 e. The van der Waals surface area contributed by atoms with Crippen LogP contribution >= 0.6 is 0 Å². The molecule has 3 aromatic heterocycles. The first-order valence-corrected chi connectivity index (χ1v) is 16.5. The fourth-order valence-corrected chi connectivity index (χ4v) is 7.44. The quantitative estimate of drug-likeness (QED) is 0.238. The second kappa shape index (κ2) is 12.4. The third-order valence-corrected chi connectivity index (χ3v) is 9.84. The fraction of sp³-hybridized carbons (Fsp3) is 0.457. The maximum atomic E-state index is 14.5. The Hall–Kier alpha value is -4.59. The highest BCUT2D eigenvalue weighted by atomic mass is 19.3. The summed E-state index contributed by atoms with van der Waals surface area (Å²) in [7, 11) is 0. The number of halogens is 4. The molecule has 2 fully saturated rings. The molecule has 2 aliphatic heterocycles. The lowest BCUT2D eigenvalue weighted by Gasteiger charge is -2.47. The van der Waals surface area contributed by atoms with E-state index in [2.05, 4.69) is 16.8 Å². The zero-order chi connectivity index (χ0) is 34.8. The minimum Gasteiger partial charge on any atom is -0.482 e. The molecule has 258 valence electrons. The van der Waals surface area contributed by atoms with Crippen molar-refractivity contribution in [3.63, 3.8) is 0 Å². The first kappa shape index (κ1) is 32.9. The molecule has 0 unspecified atom stereocenters. The van der Waals surface area contributed by atoms with Crippen molar-refractivity contribution in [1.29, 1.82) is 0 Å². The minimum atomic E-state index is -2.58. The van der Waals surface area contributed by atoms with Crippen molar-refractivity contribution in [2.45, 2.75) is 71.0 Å². The number of carbonyl (C=O) groups is 2. The van der Waals surface area contributed by atoms with E-state index in [0.717, 1.165) is 6.20 Å². The molecule has 1 saturated carbocycles. The third kappa shape index (κ3) is 6.11. The second-order valence-electron chi connectivity index (χ2n) is 13.9. The molecule has 1 aliphatic carbocycles. The second-order valence-corrected chi connectivity index (χ2v) is 13.9. The molecule has 2 amide bonds. The molecule has 2 N–H and O–H groups in total. The van der Waals surface area contributed by atoms with Gasteiger partial charge < -0.3 is 10.5 Å². The van der Waals surface area contributed by atoms with Crippen LogP contribution in [0.4, 0.5) is 23.2 Å². The number of pyridine rings is 2. The van der Waals surface area contributed by atoms with E-state index in [1.54, 1.807) is 24.4 Å². The van der Waals surface area contributed by atoms with Crippen LogP contribution in [-0.2, 0) is 17.8 Å². The van der Waals surface area contributed by atoms with Gasteiger partial charge >= 0.3 is 0 Å². The average molecular weight is 680 g/mol. The van der Waals surface area contributed by atoms with Gasteiger partial charge in [0.1, 0.15) is 17.4 Å². The van der Waals surface area contributed by atoms with Gasteiger partial charge in [0, 0.05) is 49.0 Å². The van der Waals surface area contributed by atoms with Gasteiger partial charge in [-0.05, 0) is 42.4 Å². The monoisotopic (exact) mass is 679 g/mol. The smallest absolute Gasteiger partial charge is 0.265 e. The third-order valence-electron chi connectivity index (χ3n) is 9.84. The number of ether oxygens (including phenoxy) is 1. The Kier molecular flexibility index (Phi) is 8.32.